The Hall–Kier alpha value is -1.20. The van der Waals surface area contributed by atoms with Gasteiger partial charge >= 0.3 is 0 Å². The van der Waals surface area contributed by atoms with Crippen molar-refractivity contribution in [1.82, 2.24) is 4.48 Å². The van der Waals surface area contributed by atoms with Gasteiger partial charge in [0.15, 0.2) is 18.6 Å². The number of nitrogens with zero attached hydrogens (tertiary/aromatic N) is 2. The lowest BCUT2D eigenvalue weighted by Gasteiger charge is -2.27. The topological polar surface area (TPSA) is 3.88 Å². The van der Waals surface area contributed by atoms with Crippen molar-refractivity contribution in [3.05, 3.63) is 60.4 Å². The quantitative estimate of drug-likeness (QED) is 0.422. The van der Waals surface area contributed by atoms with Crippen LogP contribution in [0.5, 0.6) is 0 Å². The Morgan fingerprint density at radius 2 is 1.57 bits per heavy atom. The lowest BCUT2D eigenvalue weighted by atomic mass is 10.2. The zero-order chi connectivity index (χ0) is 13.8. The summed E-state index contributed by atoms with van der Waals surface area (Å²) in [5.74, 6) is 0. The molecule has 0 bridgehead atoms. The summed E-state index contributed by atoms with van der Waals surface area (Å²) >= 11 is 0. The molecule has 0 unspecified atom stereocenters. The highest BCUT2D eigenvalue weighted by Gasteiger charge is 2.29. The van der Waals surface area contributed by atoms with Gasteiger partial charge in [0.2, 0.25) is 0 Å². The number of halogens is 1. The Morgan fingerprint density at radius 3 is 2.19 bits per heavy atom. The van der Waals surface area contributed by atoms with Crippen molar-refractivity contribution in [2.24, 2.45) is 0 Å². The van der Waals surface area contributed by atoms with E-state index in [1.54, 1.807) is 0 Å². The second kappa shape index (κ2) is 7.18. The van der Waals surface area contributed by atoms with Crippen molar-refractivity contribution in [2.45, 2.75) is 12.8 Å². The molecule has 2 aromatic rings. The Kier molecular flexibility index (Phi) is 5.53. The third kappa shape index (κ3) is 3.92. The molecule has 1 saturated heterocycles. The number of hydrogen-bond acceptors (Lipinski definition) is 0. The van der Waals surface area contributed by atoms with E-state index >= 15 is 0 Å². The number of likely N-dealkylation sites (tertiary alicyclic amines) is 1. The van der Waals surface area contributed by atoms with E-state index in [0.29, 0.717) is 0 Å². The molecule has 3 rings (SSSR count). The van der Waals surface area contributed by atoms with Gasteiger partial charge < -0.3 is 0 Å². The zero-order valence-corrected chi connectivity index (χ0v) is 14.8. The van der Waals surface area contributed by atoms with Crippen LogP contribution in [0.4, 0.5) is 5.69 Å². The maximum absolute atomic E-state index is 2.34. The van der Waals surface area contributed by atoms with Gasteiger partial charge in [-0.2, -0.15) is 4.57 Å². The Morgan fingerprint density at radius 1 is 0.952 bits per heavy atom. The average Bonchev–Trinajstić information content (AvgIpc) is 2.95. The van der Waals surface area contributed by atoms with Gasteiger partial charge in [0.25, 0.3) is 0 Å². The maximum Gasteiger partial charge on any atom is 0.180 e. The summed E-state index contributed by atoms with van der Waals surface area (Å²) in [6, 6.07) is 14.9. The average molecular weight is 394 g/mol. The molecule has 0 atom stereocenters. The second-order valence-corrected chi connectivity index (χ2v) is 5.78. The van der Waals surface area contributed by atoms with Crippen molar-refractivity contribution >= 4 is 41.9 Å². The first-order valence-corrected chi connectivity index (χ1v) is 7.35. The molecule has 0 spiro atoms. The van der Waals surface area contributed by atoms with Gasteiger partial charge in [0.05, 0.1) is 32.3 Å². The Labute approximate surface area is 144 Å². The first-order chi connectivity index (χ1) is 9.76. The third-order valence-electron chi connectivity index (χ3n) is 4.25. The molecule has 1 aliphatic rings. The van der Waals surface area contributed by atoms with Crippen LogP contribution in [0.25, 0.3) is 12.3 Å². The minimum atomic E-state index is 0. The summed E-state index contributed by atoms with van der Waals surface area (Å²) in [5.41, 5.74) is 2.65. The minimum Gasteiger partial charge on any atom is -0.293 e. The fourth-order valence-electron chi connectivity index (χ4n) is 2.92. The van der Waals surface area contributed by atoms with Gasteiger partial charge in [0.1, 0.15) is 5.69 Å². The van der Waals surface area contributed by atoms with E-state index in [9.17, 15) is 0 Å². The van der Waals surface area contributed by atoms with Gasteiger partial charge in [-0.1, -0.05) is 30.3 Å². The Bertz CT molecular complexity index is 584. The molecule has 110 valence electrons. The predicted octanol–water partition coefficient (Wildman–Crippen LogP) is 3.95. The number of aromatic nitrogens is 1. The summed E-state index contributed by atoms with van der Waals surface area (Å²) in [5, 5.41) is 0. The molecule has 1 aromatic heterocycles. The third-order valence-corrected chi connectivity index (χ3v) is 4.25. The van der Waals surface area contributed by atoms with Crippen LogP contribution in [-0.2, 0) is 0 Å². The van der Waals surface area contributed by atoms with Crippen LogP contribution < -0.4 is 9.05 Å². The van der Waals surface area contributed by atoms with Crippen molar-refractivity contribution in [3.63, 3.8) is 0 Å². The van der Waals surface area contributed by atoms with Crippen molar-refractivity contribution in [3.8, 4) is 0 Å². The molecular formula is C18H23IN2+2. The van der Waals surface area contributed by atoms with Gasteiger partial charge in [-0.3, -0.25) is 4.48 Å². The maximum atomic E-state index is 2.34. The summed E-state index contributed by atoms with van der Waals surface area (Å²) in [6.45, 7) is 2.54. The number of pyridine rings is 1. The first kappa shape index (κ1) is 16.2. The molecule has 0 amide bonds. The fourth-order valence-corrected chi connectivity index (χ4v) is 2.92. The Balaban J connectivity index is 0.00000161. The molecule has 21 heavy (non-hydrogen) atoms. The van der Waals surface area contributed by atoms with Gasteiger partial charge in [0, 0.05) is 18.9 Å². The molecule has 0 radical (unpaired) electrons. The van der Waals surface area contributed by atoms with E-state index in [4.69, 9.17) is 0 Å². The summed E-state index contributed by atoms with van der Waals surface area (Å²) < 4.78 is 3.20. The summed E-state index contributed by atoms with van der Waals surface area (Å²) in [4.78, 5) is 0. The molecule has 3 heteroatoms. The highest BCUT2D eigenvalue weighted by Crippen LogP contribution is 2.25. The van der Waals surface area contributed by atoms with Gasteiger partial charge in [-0.05, 0) is 5.56 Å². The number of benzene rings is 1. The lowest BCUT2D eigenvalue weighted by Crippen LogP contribution is -2.42. The lowest BCUT2D eigenvalue weighted by molar-refractivity contribution is -0.567. The minimum absolute atomic E-state index is 0. The van der Waals surface area contributed by atoms with Crippen LogP contribution in [0.15, 0.2) is 54.9 Å². The van der Waals surface area contributed by atoms with E-state index in [1.165, 1.54) is 37.2 Å². The van der Waals surface area contributed by atoms with E-state index in [0.717, 1.165) is 4.48 Å². The molecule has 1 fully saturated rings. The molecule has 2 heterocycles. The number of quaternary nitrogens is 1. The van der Waals surface area contributed by atoms with Gasteiger partial charge in [-0.15, -0.1) is 24.0 Å². The molecule has 0 aliphatic carbocycles. The van der Waals surface area contributed by atoms with Crippen LogP contribution in [0, 0.1) is 0 Å². The second-order valence-electron chi connectivity index (χ2n) is 5.78. The van der Waals surface area contributed by atoms with Crippen molar-refractivity contribution in [1.29, 1.82) is 0 Å². The van der Waals surface area contributed by atoms with Crippen LogP contribution in [-0.4, -0.2) is 20.1 Å². The molecule has 0 N–H and O–H groups in total. The number of rotatable bonds is 3. The first-order valence-electron chi connectivity index (χ1n) is 7.35. The van der Waals surface area contributed by atoms with Gasteiger partial charge in [-0.25, -0.2) is 0 Å². The van der Waals surface area contributed by atoms with E-state index < -0.39 is 0 Å². The molecule has 1 aromatic carbocycles. The van der Waals surface area contributed by atoms with Crippen LogP contribution >= 0.6 is 24.0 Å². The summed E-state index contributed by atoms with van der Waals surface area (Å²) in [7, 11) is 2.34. The predicted molar refractivity (Wildman–Crippen MR) is 100 cm³/mol. The monoisotopic (exact) mass is 394 g/mol. The van der Waals surface area contributed by atoms with Crippen LogP contribution in [0.2, 0.25) is 0 Å². The zero-order valence-electron chi connectivity index (χ0n) is 12.5. The molecule has 2 nitrogen and oxygen atoms in total. The standard InChI is InChI=1S/C18H22N2.HI/c1-20(15-5-6-16-20)18-10-13-19(14-11-18)12-9-17-7-3-2-4-8-17;/h2-4,7-14H,5-6,15-16H2,1H3;1H/q+2;. The van der Waals surface area contributed by atoms with E-state index in [-0.39, 0.29) is 24.0 Å². The SMILES string of the molecule is C[N+]1(c2cc[n+](C=Cc3ccccc3)cc2)CCCC1.I. The van der Waals surface area contributed by atoms with Crippen molar-refractivity contribution < 1.29 is 4.57 Å². The summed E-state index contributed by atoms with van der Waals surface area (Å²) in [6.07, 6.45) is 11.2. The molecule has 0 saturated carbocycles. The number of hydrogen-bond donors (Lipinski definition) is 0. The van der Waals surface area contributed by atoms with Crippen LogP contribution in [0.1, 0.15) is 18.4 Å². The largest absolute Gasteiger partial charge is 0.293 e. The normalized spacial score (nSPS) is 16.8. The fraction of sp³-hybridized carbons (Fsp3) is 0.278. The smallest absolute Gasteiger partial charge is 0.180 e. The molecular weight excluding hydrogens is 371 g/mol. The van der Waals surface area contributed by atoms with E-state index in [2.05, 4.69) is 72.7 Å². The van der Waals surface area contributed by atoms with Crippen molar-refractivity contribution in [2.75, 3.05) is 20.1 Å². The van der Waals surface area contributed by atoms with Crippen LogP contribution in [0.3, 0.4) is 0 Å². The highest BCUT2D eigenvalue weighted by atomic mass is 127. The molecule has 1 aliphatic heterocycles. The highest BCUT2D eigenvalue weighted by molar-refractivity contribution is 14.0. The van der Waals surface area contributed by atoms with E-state index in [1.807, 2.05) is 6.07 Å².